The number of hydrogen-bond acceptors (Lipinski definition) is 8. The fourth-order valence-electron chi connectivity index (χ4n) is 3.00. The van der Waals surface area contributed by atoms with Crippen LogP contribution in [0.3, 0.4) is 0 Å². The quantitative estimate of drug-likeness (QED) is 0.396. The minimum atomic E-state index is -1.00. The number of nitrogens with zero attached hydrogens (tertiary/aromatic N) is 1. The average molecular weight is 433 g/mol. The molecule has 1 aromatic carbocycles. The molecule has 2 aliphatic heterocycles. The van der Waals surface area contributed by atoms with Crippen molar-refractivity contribution >= 4 is 35.6 Å². The monoisotopic (exact) mass is 433 g/mol. The Balaban J connectivity index is 1.82. The van der Waals surface area contributed by atoms with E-state index in [0.717, 1.165) is 0 Å². The van der Waals surface area contributed by atoms with Crippen molar-refractivity contribution in [2.75, 3.05) is 12.4 Å². The maximum Gasteiger partial charge on any atom is 0.355 e. The molecule has 1 aromatic rings. The third-order valence-electron chi connectivity index (χ3n) is 4.28. The second-order valence-electron chi connectivity index (χ2n) is 7.84. The zero-order valence-corrected chi connectivity index (χ0v) is 18.0. The van der Waals surface area contributed by atoms with Crippen LogP contribution in [0.15, 0.2) is 41.6 Å². The van der Waals surface area contributed by atoms with Gasteiger partial charge in [-0.25, -0.2) is 9.59 Å². The number of hydrogen-bond donors (Lipinski definition) is 0. The summed E-state index contributed by atoms with van der Waals surface area (Å²) in [6, 6.07) is 8.37. The molecule has 160 valence electrons. The van der Waals surface area contributed by atoms with Gasteiger partial charge < -0.3 is 14.2 Å². The van der Waals surface area contributed by atoms with E-state index < -0.39 is 40.9 Å². The molecule has 0 bridgehead atoms. The van der Waals surface area contributed by atoms with Crippen molar-refractivity contribution in [1.29, 1.82) is 0 Å². The summed E-state index contributed by atoms with van der Waals surface area (Å²) in [4.78, 5) is 50.5. The van der Waals surface area contributed by atoms with Gasteiger partial charge in [0.2, 0.25) is 6.10 Å². The van der Waals surface area contributed by atoms with Crippen molar-refractivity contribution in [3.63, 3.8) is 0 Å². The summed E-state index contributed by atoms with van der Waals surface area (Å²) >= 11 is 1.33. The third-order valence-corrected chi connectivity index (χ3v) is 5.60. The van der Waals surface area contributed by atoms with Crippen molar-refractivity contribution < 1.29 is 33.4 Å². The summed E-state index contributed by atoms with van der Waals surface area (Å²) in [5.74, 6) is -1.98. The SMILES string of the molecule is CC(=O)OCC1=C(C(=O)OC(C)(C)C)N2C(=O)[C@H](OC(=O)c3ccccc3)[C@H]2SC1. The molecule has 2 aliphatic rings. The van der Waals surface area contributed by atoms with Crippen LogP contribution in [0.5, 0.6) is 0 Å². The molecule has 2 heterocycles. The van der Waals surface area contributed by atoms with Crippen LogP contribution in [-0.2, 0) is 28.6 Å². The standard InChI is InChI=1S/C21H23NO7S/c1-12(23)27-10-14-11-30-18-16(28-19(25)13-8-6-5-7-9-13)17(24)22(18)15(14)20(26)29-21(2,3)4/h5-9,16,18H,10-11H2,1-4H3/t16-,18+/m0/s1. The minimum Gasteiger partial charge on any atom is -0.461 e. The van der Waals surface area contributed by atoms with Crippen LogP contribution in [0, 0.1) is 0 Å². The number of carbonyl (C=O) groups is 4. The first-order valence-electron chi connectivity index (χ1n) is 9.38. The maximum atomic E-state index is 12.8. The van der Waals surface area contributed by atoms with Gasteiger partial charge in [-0.3, -0.25) is 14.5 Å². The molecule has 0 aromatic heterocycles. The highest BCUT2D eigenvalue weighted by Crippen LogP contribution is 2.42. The Morgan fingerprint density at radius 2 is 1.80 bits per heavy atom. The van der Waals surface area contributed by atoms with Gasteiger partial charge in [-0.05, 0) is 32.9 Å². The number of fused-ring (bicyclic) bond motifs is 1. The molecule has 0 spiro atoms. The largest absolute Gasteiger partial charge is 0.461 e. The van der Waals surface area contributed by atoms with Gasteiger partial charge in [-0.15, -0.1) is 11.8 Å². The van der Waals surface area contributed by atoms with Crippen LogP contribution in [0.1, 0.15) is 38.1 Å². The molecule has 1 saturated heterocycles. The van der Waals surface area contributed by atoms with Crippen molar-refractivity contribution in [2.24, 2.45) is 0 Å². The van der Waals surface area contributed by atoms with Gasteiger partial charge in [-0.1, -0.05) is 18.2 Å². The summed E-state index contributed by atoms with van der Waals surface area (Å²) in [6.45, 7) is 6.29. The molecule has 9 heteroatoms. The number of β-lactam (4-membered cyclic amide) rings is 1. The van der Waals surface area contributed by atoms with Gasteiger partial charge in [-0.2, -0.15) is 0 Å². The second kappa shape index (κ2) is 8.51. The molecule has 8 nitrogen and oxygen atoms in total. The third kappa shape index (κ3) is 4.67. The highest BCUT2D eigenvalue weighted by atomic mass is 32.2. The molecular weight excluding hydrogens is 410 g/mol. The van der Waals surface area contributed by atoms with Crippen molar-refractivity contribution in [3.05, 3.63) is 47.2 Å². The Bertz CT molecular complexity index is 904. The first-order chi connectivity index (χ1) is 14.1. The van der Waals surface area contributed by atoms with Crippen LogP contribution in [0.2, 0.25) is 0 Å². The molecule has 2 atom stereocenters. The van der Waals surface area contributed by atoms with Crippen LogP contribution in [0.25, 0.3) is 0 Å². The van der Waals surface area contributed by atoms with Gasteiger partial charge >= 0.3 is 17.9 Å². The lowest BCUT2D eigenvalue weighted by Crippen LogP contribution is -2.66. The van der Waals surface area contributed by atoms with Crippen LogP contribution in [-0.4, -0.2) is 58.2 Å². The van der Waals surface area contributed by atoms with Crippen molar-refractivity contribution in [1.82, 2.24) is 4.90 Å². The van der Waals surface area contributed by atoms with Crippen molar-refractivity contribution in [3.8, 4) is 0 Å². The average Bonchev–Trinajstić information content (AvgIpc) is 2.68. The van der Waals surface area contributed by atoms with E-state index in [1.165, 1.54) is 23.6 Å². The van der Waals surface area contributed by atoms with Gasteiger partial charge in [0.1, 0.15) is 23.3 Å². The van der Waals surface area contributed by atoms with Gasteiger partial charge in [0.05, 0.1) is 5.56 Å². The first kappa shape index (κ1) is 21.9. The molecule has 0 saturated carbocycles. The Morgan fingerprint density at radius 3 is 2.40 bits per heavy atom. The van der Waals surface area contributed by atoms with E-state index in [0.29, 0.717) is 16.9 Å². The van der Waals surface area contributed by atoms with E-state index in [-0.39, 0.29) is 12.3 Å². The summed E-state index contributed by atoms with van der Waals surface area (Å²) in [7, 11) is 0. The molecule has 30 heavy (non-hydrogen) atoms. The fourth-order valence-corrected chi connectivity index (χ4v) is 4.29. The number of ether oxygens (including phenoxy) is 3. The second-order valence-corrected chi connectivity index (χ2v) is 8.94. The predicted octanol–water partition coefficient (Wildman–Crippen LogP) is 2.29. The molecular formula is C21H23NO7S. The van der Waals surface area contributed by atoms with Gasteiger partial charge in [0.25, 0.3) is 5.91 Å². The lowest BCUT2D eigenvalue weighted by molar-refractivity contribution is -0.165. The Kier molecular flexibility index (Phi) is 6.21. The molecule has 0 radical (unpaired) electrons. The first-order valence-corrected chi connectivity index (χ1v) is 10.4. The summed E-state index contributed by atoms with van der Waals surface area (Å²) in [5.41, 5.74) is 0.0842. The number of thioether (sulfide) groups is 1. The lowest BCUT2D eigenvalue weighted by Gasteiger charge is -2.48. The van der Waals surface area contributed by atoms with Crippen molar-refractivity contribution in [2.45, 2.75) is 44.8 Å². The highest BCUT2D eigenvalue weighted by molar-refractivity contribution is 8.00. The predicted molar refractivity (Wildman–Crippen MR) is 108 cm³/mol. The smallest absolute Gasteiger partial charge is 0.355 e. The molecule has 1 amide bonds. The molecule has 0 N–H and O–H groups in total. The fraction of sp³-hybridized carbons (Fsp3) is 0.429. The van der Waals surface area contributed by atoms with Crippen LogP contribution < -0.4 is 0 Å². The van der Waals surface area contributed by atoms with E-state index in [1.807, 2.05) is 0 Å². The van der Waals surface area contributed by atoms with Gasteiger partial charge in [0, 0.05) is 18.2 Å². The summed E-state index contributed by atoms with van der Waals surface area (Å²) < 4.78 is 15.9. The number of esters is 3. The lowest BCUT2D eigenvalue weighted by atomic mass is 10.0. The zero-order chi connectivity index (χ0) is 22.1. The Labute approximate surface area is 178 Å². The van der Waals surface area contributed by atoms with Gasteiger partial charge in [0.15, 0.2) is 0 Å². The van der Waals surface area contributed by atoms with E-state index in [2.05, 4.69) is 0 Å². The molecule has 0 unspecified atom stereocenters. The Morgan fingerprint density at radius 1 is 1.13 bits per heavy atom. The highest BCUT2D eigenvalue weighted by Gasteiger charge is 2.56. The number of amides is 1. The van der Waals surface area contributed by atoms with Crippen LogP contribution in [0.4, 0.5) is 0 Å². The number of carbonyl (C=O) groups excluding carboxylic acids is 4. The Hall–Kier alpha value is -2.81. The zero-order valence-electron chi connectivity index (χ0n) is 17.2. The topological polar surface area (TPSA) is 99.2 Å². The molecule has 1 fully saturated rings. The number of rotatable bonds is 5. The van der Waals surface area contributed by atoms with E-state index in [1.54, 1.807) is 51.1 Å². The normalized spacial score (nSPS) is 20.8. The van der Waals surface area contributed by atoms with Crippen LogP contribution >= 0.6 is 11.8 Å². The summed E-state index contributed by atoms with van der Waals surface area (Å²) in [5, 5.41) is -0.547. The molecule has 0 aliphatic carbocycles. The molecule has 3 rings (SSSR count). The van der Waals surface area contributed by atoms with E-state index in [9.17, 15) is 19.2 Å². The number of benzene rings is 1. The maximum absolute atomic E-state index is 12.8. The van der Waals surface area contributed by atoms with E-state index >= 15 is 0 Å². The van der Waals surface area contributed by atoms with E-state index in [4.69, 9.17) is 14.2 Å². The minimum absolute atomic E-state index is 0.0481. The summed E-state index contributed by atoms with van der Waals surface area (Å²) in [6.07, 6.45) is -1.00.